The highest BCUT2D eigenvalue weighted by Crippen LogP contribution is 2.52. The average molecular weight is 566 g/mol. The van der Waals surface area contributed by atoms with Gasteiger partial charge in [-0.25, -0.2) is 4.98 Å². The fourth-order valence-electron chi connectivity index (χ4n) is 6.74. The van der Waals surface area contributed by atoms with E-state index in [1.54, 1.807) is 24.3 Å². The fraction of sp³-hybridized carbons (Fsp3) is 0.353. The molecule has 6 rings (SSSR count). The van der Waals surface area contributed by atoms with Crippen LogP contribution in [0.1, 0.15) is 76.9 Å². The zero-order valence-corrected chi connectivity index (χ0v) is 24.3. The van der Waals surface area contributed by atoms with Crippen molar-refractivity contribution in [1.82, 2.24) is 15.3 Å². The number of carbonyl (C=O) groups excluding carboxylic acids is 3. The van der Waals surface area contributed by atoms with E-state index >= 15 is 0 Å². The Morgan fingerprint density at radius 3 is 2.19 bits per heavy atom. The summed E-state index contributed by atoms with van der Waals surface area (Å²) in [5.74, 6) is -1.39. The normalized spacial score (nSPS) is 21.6. The lowest BCUT2D eigenvalue weighted by molar-refractivity contribution is 0.0652. The van der Waals surface area contributed by atoms with E-state index in [2.05, 4.69) is 29.1 Å². The van der Waals surface area contributed by atoms with Crippen LogP contribution < -0.4 is 14.8 Å². The van der Waals surface area contributed by atoms with Gasteiger partial charge in [0.15, 0.2) is 34.4 Å². The SMILES string of the molecule is CCOc1ccc(C2C(C(C)CC)NC3(C(=O)c4ccccc4C3=O)C2C(=O)c2nc3ccccc3[nH]2)cc1OCC. The van der Waals surface area contributed by atoms with Crippen molar-refractivity contribution in [2.75, 3.05) is 13.2 Å². The molecule has 1 aliphatic carbocycles. The number of nitrogens with one attached hydrogen (secondary N) is 2. The second-order valence-corrected chi connectivity index (χ2v) is 11.1. The predicted octanol–water partition coefficient (Wildman–Crippen LogP) is 5.78. The van der Waals surface area contributed by atoms with Crippen LogP contribution in [-0.2, 0) is 0 Å². The van der Waals surface area contributed by atoms with Gasteiger partial charge in [0.1, 0.15) is 0 Å². The molecule has 4 unspecified atom stereocenters. The maximum Gasteiger partial charge on any atom is 0.204 e. The summed E-state index contributed by atoms with van der Waals surface area (Å²) in [5.41, 5.74) is 1.06. The first-order valence-corrected chi connectivity index (χ1v) is 14.7. The van der Waals surface area contributed by atoms with Crippen molar-refractivity contribution in [1.29, 1.82) is 0 Å². The Bertz CT molecular complexity index is 1620. The first kappa shape index (κ1) is 27.8. The molecule has 3 aromatic carbocycles. The Hall–Kier alpha value is -4.30. The van der Waals surface area contributed by atoms with Crippen LogP contribution in [0.4, 0.5) is 0 Å². The van der Waals surface area contributed by atoms with Crippen LogP contribution in [0.2, 0.25) is 0 Å². The number of benzene rings is 3. The van der Waals surface area contributed by atoms with Crippen LogP contribution in [0.15, 0.2) is 66.7 Å². The zero-order chi connectivity index (χ0) is 29.6. The van der Waals surface area contributed by atoms with E-state index in [1.807, 2.05) is 56.3 Å². The van der Waals surface area contributed by atoms with Crippen LogP contribution in [0.3, 0.4) is 0 Å². The van der Waals surface area contributed by atoms with Gasteiger partial charge in [0, 0.05) is 23.1 Å². The molecule has 0 bridgehead atoms. The summed E-state index contributed by atoms with van der Waals surface area (Å²) in [6.45, 7) is 8.86. The lowest BCUT2D eigenvalue weighted by Gasteiger charge is -2.29. The van der Waals surface area contributed by atoms with E-state index in [4.69, 9.17) is 9.47 Å². The van der Waals surface area contributed by atoms with Crippen molar-refractivity contribution < 1.29 is 23.9 Å². The maximum atomic E-state index is 14.7. The second-order valence-electron chi connectivity index (χ2n) is 11.1. The molecule has 2 heterocycles. The topological polar surface area (TPSA) is 110 Å². The van der Waals surface area contributed by atoms with Gasteiger partial charge in [0.2, 0.25) is 5.78 Å². The Morgan fingerprint density at radius 1 is 0.905 bits per heavy atom. The maximum absolute atomic E-state index is 14.7. The number of hydrogen-bond acceptors (Lipinski definition) is 7. The molecule has 1 spiro atoms. The minimum Gasteiger partial charge on any atom is -0.490 e. The Balaban J connectivity index is 1.58. The van der Waals surface area contributed by atoms with Gasteiger partial charge in [0.25, 0.3) is 0 Å². The standard InChI is InChI=1S/C34H35N3O5/c1-5-19(4)29-27(20-16-17-25(41-6-2)26(18-20)42-7-3)28(30(38)33-35-23-14-10-11-15-24(23)36-33)34(37-29)31(39)21-12-8-9-13-22(21)32(34)40/h8-19,27-29,37H,5-7H2,1-4H3,(H,35,36). The molecule has 4 atom stereocenters. The Labute approximate surface area is 244 Å². The highest BCUT2D eigenvalue weighted by molar-refractivity contribution is 6.35. The lowest BCUT2D eigenvalue weighted by atomic mass is 9.69. The predicted molar refractivity (Wildman–Crippen MR) is 160 cm³/mol. The van der Waals surface area contributed by atoms with Gasteiger partial charge in [-0.15, -0.1) is 0 Å². The number of carbonyl (C=O) groups is 3. The number of H-pyrrole nitrogens is 1. The number of ether oxygens (including phenoxy) is 2. The van der Waals surface area contributed by atoms with E-state index in [0.717, 1.165) is 12.0 Å². The molecule has 2 aliphatic rings. The number of rotatable bonds is 9. The lowest BCUT2D eigenvalue weighted by Crippen LogP contribution is -2.58. The van der Waals surface area contributed by atoms with Crippen molar-refractivity contribution in [3.8, 4) is 11.5 Å². The van der Waals surface area contributed by atoms with Gasteiger partial charge in [-0.2, -0.15) is 0 Å². The van der Waals surface area contributed by atoms with Gasteiger partial charge in [-0.3, -0.25) is 19.7 Å². The van der Waals surface area contributed by atoms with Crippen molar-refractivity contribution in [3.63, 3.8) is 0 Å². The van der Waals surface area contributed by atoms with E-state index in [9.17, 15) is 14.4 Å². The van der Waals surface area contributed by atoms with Gasteiger partial charge < -0.3 is 14.5 Å². The molecule has 1 fully saturated rings. The van der Waals surface area contributed by atoms with Crippen molar-refractivity contribution in [2.45, 2.75) is 51.6 Å². The molecule has 42 heavy (non-hydrogen) atoms. The van der Waals surface area contributed by atoms with Crippen LogP contribution in [-0.4, -0.2) is 52.1 Å². The third kappa shape index (κ3) is 4.16. The zero-order valence-electron chi connectivity index (χ0n) is 24.3. The summed E-state index contributed by atoms with van der Waals surface area (Å²) in [5, 5.41) is 3.50. The van der Waals surface area contributed by atoms with Gasteiger partial charge in [-0.05, 0) is 49.6 Å². The number of para-hydroxylation sites is 2. The van der Waals surface area contributed by atoms with E-state index in [1.165, 1.54) is 0 Å². The second kappa shape index (κ2) is 10.8. The van der Waals surface area contributed by atoms with Gasteiger partial charge in [0.05, 0.1) is 30.2 Å². The minimum absolute atomic E-state index is 0.0340. The van der Waals surface area contributed by atoms with E-state index in [0.29, 0.717) is 46.9 Å². The molecule has 8 nitrogen and oxygen atoms in total. The first-order chi connectivity index (χ1) is 20.3. The van der Waals surface area contributed by atoms with E-state index in [-0.39, 0.29) is 35.1 Å². The van der Waals surface area contributed by atoms with Crippen LogP contribution >= 0.6 is 0 Å². The molecule has 8 heteroatoms. The third-order valence-electron chi connectivity index (χ3n) is 8.85. The number of nitrogens with zero attached hydrogens (tertiary/aromatic N) is 1. The monoisotopic (exact) mass is 565 g/mol. The fourth-order valence-corrected chi connectivity index (χ4v) is 6.74. The molecular weight excluding hydrogens is 530 g/mol. The molecular formula is C34H35N3O5. The number of ketones is 3. The van der Waals surface area contributed by atoms with Crippen molar-refractivity contribution in [2.24, 2.45) is 11.8 Å². The number of Topliss-reactive ketones (excluding diaryl/α,β-unsaturated/α-hetero) is 3. The molecule has 1 saturated heterocycles. The summed E-state index contributed by atoms with van der Waals surface area (Å²) in [7, 11) is 0. The number of fused-ring (bicyclic) bond motifs is 2. The van der Waals surface area contributed by atoms with Gasteiger partial charge >= 0.3 is 0 Å². The molecule has 1 aromatic heterocycles. The molecule has 0 saturated carbocycles. The largest absolute Gasteiger partial charge is 0.490 e. The highest BCUT2D eigenvalue weighted by atomic mass is 16.5. The Morgan fingerprint density at radius 2 is 1.55 bits per heavy atom. The summed E-state index contributed by atoms with van der Waals surface area (Å²) in [6.07, 6.45) is 0.778. The van der Waals surface area contributed by atoms with E-state index < -0.39 is 17.4 Å². The number of imidazole rings is 1. The highest BCUT2D eigenvalue weighted by Gasteiger charge is 2.68. The average Bonchev–Trinajstić information content (AvgIpc) is 3.67. The number of aromatic nitrogens is 2. The summed E-state index contributed by atoms with van der Waals surface area (Å²) < 4.78 is 11.8. The molecule has 1 aliphatic heterocycles. The number of hydrogen-bond donors (Lipinski definition) is 2. The number of aromatic amines is 1. The molecule has 216 valence electrons. The molecule has 0 amide bonds. The quantitative estimate of drug-likeness (QED) is 0.196. The summed E-state index contributed by atoms with van der Waals surface area (Å²) >= 11 is 0. The minimum atomic E-state index is -1.76. The molecule has 2 N–H and O–H groups in total. The van der Waals surface area contributed by atoms with Crippen LogP contribution in [0.25, 0.3) is 11.0 Å². The summed E-state index contributed by atoms with van der Waals surface area (Å²) in [6, 6.07) is 19.5. The third-order valence-corrected chi connectivity index (χ3v) is 8.85. The molecule has 0 radical (unpaired) electrons. The van der Waals surface area contributed by atoms with Gasteiger partial charge in [-0.1, -0.05) is 62.7 Å². The smallest absolute Gasteiger partial charge is 0.204 e. The summed E-state index contributed by atoms with van der Waals surface area (Å²) in [4.78, 5) is 51.3. The Kier molecular flexibility index (Phi) is 7.19. The molecule has 4 aromatic rings. The first-order valence-electron chi connectivity index (χ1n) is 14.7. The van der Waals surface area contributed by atoms with Crippen molar-refractivity contribution in [3.05, 3.63) is 89.2 Å². The van der Waals surface area contributed by atoms with Crippen molar-refractivity contribution >= 4 is 28.4 Å². The van der Waals surface area contributed by atoms with Crippen LogP contribution in [0.5, 0.6) is 11.5 Å². The van der Waals surface area contributed by atoms with Crippen LogP contribution in [0, 0.1) is 11.8 Å².